The second-order valence-corrected chi connectivity index (χ2v) is 12.5. The Morgan fingerprint density at radius 3 is 2.24 bits per heavy atom. The van der Waals surface area contributed by atoms with Crippen LogP contribution in [-0.4, -0.2) is 50.6 Å². The van der Waals surface area contributed by atoms with Crippen LogP contribution < -0.4 is 4.74 Å². The number of oxazole rings is 1. The van der Waals surface area contributed by atoms with Crippen LogP contribution in [0.4, 0.5) is 4.79 Å². The van der Waals surface area contributed by atoms with Crippen LogP contribution in [0.2, 0.25) is 0 Å². The van der Waals surface area contributed by atoms with E-state index in [-0.39, 0.29) is 30.7 Å². The molecule has 11 nitrogen and oxygen atoms in total. The van der Waals surface area contributed by atoms with E-state index in [4.69, 9.17) is 23.0 Å². The van der Waals surface area contributed by atoms with Gasteiger partial charge >= 0.3 is 6.09 Å². The number of aliphatic hydroxyl groups excluding tert-OH is 1. The van der Waals surface area contributed by atoms with Gasteiger partial charge in [-0.15, -0.1) is 0 Å². The molecule has 0 aliphatic carbocycles. The van der Waals surface area contributed by atoms with Crippen molar-refractivity contribution in [2.45, 2.75) is 57.6 Å². The van der Waals surface area contributed by atoms with Crippen molar-refractivity contribution in [1.29, 1.82) is 0 Å². The van der Waals surface area contributed by atoms with Crippen LogP contribution in [0, 0.1) is 0 Å². The lowest BCUT2D eigenvalue weighted by molar-refractivity contribution is -0.177. The Bertz CT molecular complexity index is 1920. The first kappa shape index (κ1) is 33.4. The largest absolute Gasteiger partial charge is 0.457 e. The molecule has 0 bridgehead atoms. The number of furan rings is 1. The smallest absolute Gasteiger partial charge is 0.417 e. The number of benzene rings is 3. The quantitative estimate of drug-likeness (QED) is 0.147. The van der Waals surface area contributed by atoms with E-state index in [0.29, 0.717) is 16.9 Å². The molecule has 3 atom stereocenters. The summed E-state index contributed by atoms with van der Waals surface area (Å²) in [6.45, 7) is 5.89. The summed E-state index contributed by atoms with van der Waals surface area (Å²) in [5, 5.41) is 11.7. The fraction of sp³-hybridized carbons (Fsp3) is 0.263. The molecule has 1 fully saturated rings. The summed E-state index contributed by atoms with van der Waals surface area (Å²) in [7, 11) is 0. The Morgan fingerprint density at radius 1 is 0.959 bits per heavy atom. The van der Waals surface area contributed by atoms with Crippen molar-refractivity contribution in [3.8, 4) is 28.4 Å². The average Bonchev–Trinajstić information content (AvgIpc) is 3.86. The van der Waals surface area contributed by atoms with Gasteiger partial charge in [-0.2, -0.15) is 0 Å². The Labute approximate surface area is 283 Å². The van der Waals surface area contributed by atoms with E-state index >= 15 is 0 Å². The SMILES string of the molecule is CC(=O)COc1ccc([C@H](O)[C@](C)(OCc2ccc(-c3ccc(-c4cnco4)cc3)cc2)C(=O)N2C(=O)OC(C)(C)[C@@H]2c2ccccc2)o1. The van der Waals surface area contributed by atoms with Gasteiger partial charge in [-0.1, -0.05) is 78.9 Å². The average molecular weight is 665 g/mol. The summed E-state index contributed by atoms with van der Waals surface area (Å²) in [4.78, 5) is 44.3. The summed E-state index contributed by atoms with van der Waals surface area (Å²) in [5.41, 5.74) is 1.09. The van der Waals surface area contributed by atoms with Gasteiger partial charge in [0, 0.05) is 11.6 Å². The van der Waals surface area contributed by atoms with Gasteiger partial charge in [-0.3, -0.25) is 9.59 Å². The minimum atomic E-state index is -2.04. The van der Waals surface area contributed by atoms with E-state index in [1.54, 1.807) is 44.3 Å². The second-order valence-electron chi connectivity index (χ2n) is 12.5. The first-order valence-corrected chi connectivity index (χ1v) is 15.7. The van der Waals surface area contributed by atoms with E-state index in [1.807, 2.05) is 54.6 Å². The number of carbonyl (C=O) groups excluding carboxylic acids is 3. The molecular formula is C38H36N2O9. The third kappa shape index (κ3) is 6.89. The first-order valence-electron chi connectivity index (χ1n) is 15.7. The topological polar surface area (TPSA) is 142 Å². The number of ether oxygens (including phenoxy) is 3. The van der Waals surface area contributed by atoms with E-state index in [2.05, 4.69) is 4.98 Å². The zero-order chi connectivity index (χ0) is 34.8. The minimum absolute atomic E-state index is 0.0209. The first-order chi connectivity index (χ1) is 23.5. The van der Waals surface area contributed by atoms with Crippen molar-refractivity contribution in [2.75, 3.05) is 6.61 Å². The van der Waals surface area contributed by atoms with Gasteiger partial charge < -0.3 is 28.2 Å². The number of cyclic esters (lactones) is 1. The van der Waals surface area contributed by atoms with Crippen LogP contribution in [0.1, 0.15) is 56.7 Å². The molecule has 1 aliphatic rings. The maximum absolute atomic E-state index is 14.6. The molecule has 0 spiro atoms. The minimum Gasteiger partial charge on any atom is -0.457 e. The van der Waals surface area contributed by atoms with Crippen molar-refractivity contribution in [3.63, 3.8) is 0 Å². The molecule has 5 aromatic rings. The molecule has 3 aromatic carbocycles. The molecule has 6 rings (SSSR count). The zero-order valence-electron chi connectivity index (χ0n) is 27.5. The third-order valence-electron chi connectivity index (χ3n) is 8.46. The van der Waals surface area contributed by atoms with Crippen LogP contribution in [-0.2, 0) is 25.7 Å². The summed E-state index contributed by atoms with van der Waals surface area (Å²) in [6.07, 6.45) is 0.485. The number of aromatic nitrogens is 1. The molecule has 49 heavy (non-hydrogen) atoms. The number of nitrogens with zero attached hydrogens (tertiary/aromatic N) is 2. The lowest BCUT2D eigenvalue weighted by atomic mass is 9.88. The molecule has 0 radical (unpaired) electrons. The molecule has 2 amide bonds. The van der Waals surface area contributed by atoms with E-state index in [0.717, 1.165) is 21.6 Å². The molecule has 0 unspecified atom stereocenters. The molecule has 2 aromatic heterocycles. The second kappa shape index (κ2) is 13.5. The highest BCUT2D eigenvalue weighted by molar-refractivity contribution is 5.99. The molecule has 1 saturated heterocycles. The van der Waals surface area contributed by atoms with Crippen molar-refractivity contribution < 1.29 is 42.5 Å². The van der Waals surface area contributed by atoms with Crippen LogP contribution in [0.5, 0.6) is 5.95 Å². The van der Waals surface area contributed by atoms with Crippen molar-refractivity contribution in [2.24, 2.45) is 0 Å². The number of carbonyl (C=O) groups is 3. The number of rotatable bonds is 12. The number of Topliss-reactive ketones (excluding diaryl/α,β-unsaturated/α-hetero) is 1. The monoisotopic (exact) mass is 664 g/mol. The summed E-state index contributed by atoms with van der Waals surface area (Å²) < 4.78 is 28.4. The lowest BCUT2D eigenvalue weighted by Crippen LogP contribution is -2.54. The van der Waals surface area contributed by atoms with Gasteiger partial charge in [0.15, 0.2) is 23.5 Å². The molecule has 1 aliphatic heterocycles. The number of aliphatic hydroxyl groups is 1. The maximum atomic E-state index is 14.6. The van der Waals surface area contributed by atoms with Crippen molar-refractivity contribution in [1.82, 2.24) is 9.88 Å². The van der Waals surface area contributed by atoms with Crippen molar-refractivity contribution >= 4 is 17.8 Å². The molecule has 11 heteroatoms. The van der Waals surface area contributed by atoms with Gasteiger partial charge in [0.1, 0.15) is 30.1 Å². The van der Waals surface area contributed by atoms with Crippen LogP contribution in [0.15, 0.2) is 112 Å². The fourth-order valence-electron chi connectivity index (χ4n) is 5.84. The third-order valence-corrected chi connectivity index (χ3v) is 8.46. The van der Waals surface area contributed by atoms with Crippen molar-refractivity contribution in [3.05, 3.63) is 120 Å². The highest BCUT2D eigenvalue weighted by atomic mass is 16.6. The standard InChI is InChI=1S/C38H36N2O9/c1-24(41)21-45-32-19-18-30(48-32)34(42)38(4,35(43)40-33(29-8-6-5-7-9-29)37(2,3)49-36(40)44)47-22-25-10-12-26(13-11-25)27-14-16-28(17-15-27)31-20-39-23-46-31/h5-20,23,33-34,42H,21-22H2,1-4H3/t33-,34-,38-/m0/s1. The normalized spacial score (nSPS) is 17.3. The molecule has 1 N–H and O–H groups in total. The lowest BCUT2D eigenvalue weighted by Gasteiger charge is -2.37. The molecule has 0 saturated carbocycles. The number of hydrogen-bond acceptors (Lipinski definition) is 10. The van der Waals surface area contributed by atoms with E-state index in [1.165, 1.54) is 32.4 Å². The van der Waals surface area contributed by atoms with Gasteiger partial charge in [0.2, 0.25) is 0 Å². The van der Waals surface area contributed by atoms with Gasteiger partial charge in [-0.05, 0) is 56.0 Å². The maximum Gasteiger partial charge on any atom is 0.417 e. The molecule has 3 heterocycles. The zero-order valence-corrected chi connectivity index (χ0v) is 27.5. The summed E-state index contributed by atoms with van der Waals surface area (Å²) >= 11 is 0. The Balaban J connectivity index is 1.28. The highest BCUT2D eigenvalue weighted by Crippen LogP contribution is 2.45. The van der Waals surface area contributed by atoms with E-state index in [9.17, 15) is 19.5 Å². The molecule has 252 valence electrons. The predicted octanol–water partition coefficient (Wildman–Crippen LogP) is 7.08. The van der Waals surface area contributed by atoms with Crippen LogP contribution in [0.3, 0.4) is 0 Å². The number of hydrogen-bond donors (Lipinski definition) is 1. The predicted molar refractivity (Wildman–Crippen MR) is 177 cm³/mol. The Morgan fingerprint density at radius 2 is 1.61 bits per heavy atom. The van der Waals surface area contributed by atoms with Crippen LogP contribution in [0.25, 0.3) is 22.5 Å². The van der Waals surface area contributed by atoms with Crippen LogP contribution >= 0.6 is 0 Å². The highest BCUT2D eigenvalue weighted by Gasteiger charge is 2.57. The Kier molecular flexibility index (Phi) is 9.22. The molecular weight excluding hydrogens is 628 g/mol. The number of amides is 2. The number of ketones is 1. The number of imide groups is 1. The van der Waals surface area contributed by atoms with Gasteiger partial charge in [0.25, 0.3) is 11.9 Å². The van der Waals surface area contributed by atoms with Gasteiger partial charge in [-0.25, -0.2) is 14.7 Å². The van der Waals surface area contributed by atoms with Gasteiger partial charge in [0.05, 0.1) is 12.8 Å². The summed E-state index contributed by atoms with van der Waals surface area (Å²) in [6, 6.07) is 26.5. The summed E-state index contributed by atoms with van der Waals surface area (Å²) in [5.74, 6) is -0.447. The fourth-order valence-corrected chi connectivity index (χ4v) is 5.84. The van der Waals surface area contributed by atoms with E-state index < -0.39 is 35.3 Å². The Hall–Kier alpha value is -5.52.